The average Bonchev–Trinajstić information content (AvgIpc) is 3.98. The first kappa shape index (κ1) is 35.1. The van der Waals surface area contributed by atoms with Crippen molar-refractivity contribution in [1.82, 2.24) is 38.2 Å². The number of fused-ring (bicyclic) bond motifs is 6. The second-order valence-electron chi connectivity index (χ2n) is 12.3. The molecular weight excluding hydrogens is 1010 g/mol. The summed E-state index contributed by atoms with van der Waals surface area (Å²) in [6.45, 7) is 0. The van der Waals surface area contributed by atoms with Gasteiger partial charge in [0.1, 0.15) is 0 Å². The van der Waals surface area contributed by atoms with Gasteiger partial charge in [0.05, 0.1) is 14.1 Å². The number of aryl methyl sites for hydroxylation is 4. The standard InChI is InChI=1S/2C20H15N5.2Pt/c2*1-23-11-12-25(13-23)17-8-4-6-15-14-5-3-7-16(18(14)22-19(15)17)20-21-9-10-24(20)2;;/h2*3-8,10-12H,1-2H3;;/q2*-2;;. The Balaban J connectivity index is 0.000000156. The van der Waals surface area contributed by atoms with Gasteiger partial charge in [-0.05, 0) is 47.3 Å². The SMILES string of the molecule is Cn1c[c-]nc1-c1cccc2c1[n-]c1c(-n3[c-][n+](C)cc3)cccc12.Cn1c[c-]nc1-c1cccc2c1[n-]c1c(-n3[c-][n+](C)cc3)cccc12.[Pt].[Pt]. The molecule has 0 N–H and O–H groups in total. The largest absolute Gasteiger partial charge is 0.662 e. The van der Waals surface area contributed by atoms with Gasteiger partial charge >= 0.3 is 0 Å². The maximum atomic E-state index is 4.98. The summed E-state index contributed by atoms with van der Waals surface area (Å²) in [4.78, 5) is 18.7. The van der Waals surface area contributed by atoms with E-state index >= 15 is 0 Å². The Morgan fingerprint density at radius 3 is 1.27 bits per heavy atom. The zero-order valence-corrected chi connectivity index (χ0v) is 33.0. The fourth-order valence-electron chi connectivity index (χ4n) is 6.68. The topological polar surface area (TPSA) is 81.5 Å². The van der Waals surface area contributed by atoms with Crippen LogP contribution in [-0.2, 0) is 70.3 Å². The van der Waals surface area contributed by atoms with Crippen LogP contribution in [0.25, 0.3) is 77.8 Å². The quantitative estimate of drug-likeness (QED) is 0.181. The van der Waals surface area contributed by atoms with Crippen molar-refractivity contribution in [3.05, 3.63) is 135 Å². The van der Waals surface area contributed by atoms with Crippen LogP contribution in [0.4, 0.5) is 0 Å². The summed E-state index contributed by atoms with van der Waals surface area (Å²) in [5, 5.41) is 4.54. The van der Waals surface area contributed by atoms with Gasteiger partial charge in [-0.1, -0.05) is 96.3 Å². The molecule has 0 radical (unpaired) electrons. The molecule has 0 spiro atoms. The van der Waals surface area contributed by atoms with E-state index in [1.165, 1.54) is 0 Å². The van der Waals surface area contributed by atoms with Crippen molar-refractivity contribution >= 4 is 43.6 Å². The Labute approximate surface area is 328 Å². The van der Waals surface area contributed by atoms with Crippen LogP contribution < -0.4 is 19.1 Å². The van der Waals surface area contributed by atoms with E-state index in [1.807, 2.05) is 92.8 Å². The third kappa shape index (κ3) is 5.86. The number of nitrogens with zero attached hydrogens (tertiary/aromatic N) is 10. The second-order valence-corrected chi connectivity index (χ2v) is 12.3. The number of hydrogen-bond donors (Lipinski definition) is 0. The van der Waals surface area contributed by atoms with Gasteiger partial charge < -0.3 is 47.3 Å². The molecular formula is C40H30N10Pt2-4. The Hall–Kier alpha value is -5.30. The molecule has 52 heavy (non-hydrogen) atoms. The van der Waals surface area contributed by atoms with Crippen molar-refractivity contribution in [2.75, 3.05) is 0 Å². The van der Waals surface area contributed by atoms with Gasteiger partial charge in [0.15, 0.2) is 0 Å². The normalized spacial score (nSPS) is 11.2. The molecule has 4 aromatic carbocycles. The van der Waals surface area contributed by atoms with Gasteiger partial charge in [-0.25, -0.2) is 0 Å². The zero-order valence-electron chi connectivity index (χ0n) is 28.5. The van der Waals surface area contributed by atoms with Crippen LogP contribution in [0.1, 0.15) is 0 Å². The van der Waals surface area contributed by atoms with Crippen molar-refractivity contribution in [3.8, 4) is 34.2 Å². The Kier molecular flexibility index (Phi) is 9.47. The molecule has 0 aliphatic rings. The molecule has 0 atom stereocenters. The van der Waals surface area contributed by atoms with Gasteiger partial charge in [0.25, 0.3) is 0 Å². The van der Waals surface area contributed by atoms with E-state index in [2.05, 4.69) is 108 Å². The van der Waals surface area contributed by atoms with E-state index < -0.39 is 0 Å². The van der Waals surface area contributed by atoms with E-state index in [0.717, 1.165) is 77.8 Å². The predicted molar refractivity (Wildman–Crippen MR) is 190 cm³/mol. The smallest absolute Gasteiger partial charge is 0.243 e. The zero-order chi connectivity index (χ0) is 33.9. The summed E-state index contributed by atoms with van der Waals surface area (Å²) in [6, 6.07) is 25.0. The molecule has 6 heterocycles. The van der Waals surface area contributed by atoms with E-state index in [9.17, 15) is 0 Å². The number of benzene rings is 4. The van der Waals surface area contributed by atoms with Gasteiger partial charge in [-0.15, -0.1) is 34.5 Å². The van der Waals surface area contributed by atoms with Crippen molar-refractivity contribution in [2.24, 2.45) is 28.2 Å². The maximum Gasteiger partial charge on any atom is 0.243 e. The minimum Gasteiger partial charge on any atom is -0.662 e. The van der Waals surface area contributed by atoms with E-state index in [-0.39, 0.29) is 42.1 Å². The van der Waals surface area contributed by atoms with E-state index in [0.29, 0.717) is 0 Å². The number of imidazole rings is 4. The first-order chi connectivity index (χ1) is 24.4. The van der Waals surface area contributed by atoms with Crippen LogP contribution in [0.15, 0.2) is 110 Å². The first-order valence-electron chi connectivity index (χ1n) is 16.1. The molecule has 0 bridgehead atoms. The summed E-state index contributed by atoms with van der Waals surface area (Å²) < 4.78 is 11.7. The number of hydrogen-bond acceptors (Lipinski definition) is 2. The molecule has 264 valence electrons. The number of rotatable bonds is 4. The number of aromatic nitrogens is 10. The summed E-state index contributed by atoms with van der Waals surface area (Å²) in [5.74, 6) is 1.74. The first-order valence-corrected chi connectivity index (χ1v) is 16.1. The third-order valence-corrected chi connectivity index (χ3v) is 9.05. The van der Waals surface area contributed by atoms with Gasteiger partial charge in [0.2, 0.25) is 12.7 Å². The predicted octanol–water partition coefficient (Wildman–Crippen LogP) is 5.13. The molecule has 10 nitrogen and oxygen atoms in total. The van der Waals surface area contributed by atoms with Crippen molar-refractivity contribution in [3.63, 3.8) is 0 Å². The minimum absolute atomic E-state index is 0. The Morgan fingerprint density at radius 1 is 0.538 bits per heavy atom. The van der Waals surface area contributed by atoms with Crippen LogP contribution >= 0.6 is 0 Å². The van der Waals surface area contributed by atoms with Crippen LogP contribution in [0.2, 0.25) is 0 Å². The monoisotopic (exact) mass is 1040 g/mol. The van der Waals surface area contributed by atoms with E-state index in [4.69, 9.17) is 9.97 Å². The van der Waals surface area contributed by atoms with Crippen LogP contribution in [-0.4, -0.2) is 28.2 Å². The molecule has 10 aromatic rings. The van der Waals surface area contributed by atoms with Crippen molar-refractivity contribution in [1.29, 1.82) is 0 Å². The Bertz CT molecular complexity index is 2650. The van der Waals surface area contributed by atoms with E-state index in [1.54, 1.807) is 0 Å². The molecule has 0 aliphatic carbocycles. The van der Waals surface area contributed by atoms with Gasteiger partial charge in [-0.2, -0.15) is 0 Å². The Morgan fingerprint density at radius 2 is 0.923 bits per heavy atom. The molecule has 6 aromatic heterocycles. The maximum absolute atomic E-state index is 4.98. The van der Waals surface area contributed by atoms with Crippen LogP contribution in [0.3, 0.4) is 0 Å². The molecule has 0 unspecified atom stereocenters. The fourth-order valence-corrected chi connectivity index (χ4v) is 6.68. The van der Waals surface area contributed by atoms with Crippen LogP contribution in [0.5, 0.6) is 0 Å². The molecule has 0 aliphatic heterocycles. The third-order valence-electron chi connectivity index (χ3n) is 9.05. The van der Waals surface area contributed by atoms with Crippen molar-refractivity contribution < 1.29 is 51.3 Å². The average molecular weight is 1040 g/mol. The summed E-state index contributed by atoms with van der Waals surface area (Å²) in [6.07, 6.45) is 23.9. The molecule has 0 saturated carbocycles. The summed E-state index contributed by atoms with van der Waals surface area (Å²) in [5.41, 5.74) is 7.94. The molecule has 10 rings (SSSR count). The van der Waals surface area contributed by atoms with Crippen LogP contribution in [0, 0.1) is 25.0 Å². The minimum atomic E-state index is 0. The fraction of sp³-hybridized carbons (Fsp3) is 0.100. The van der Waals surface area contributed by atoms with Gasteiger partial charge in [-0.3, -0.25) is 0 Å². The van der Waals surface area contributed by atoms with Crippen molar-refractivity contribution in [2.45, 2.75) is 0 Å². The second kappa shape index (κ2) is 14.0. The molecule has 12 heteroatoms. The molecule has 0 amide bonds. The van der Waals surface area contributed by atoms with Gasteiger partial charge in [0, 0.05) is 78.3 Å². The summed E-state index contributed by atoms with van der Waals surface area (Å²) in [7, 11) is 7.86. The summed E-state index contributed by atoms with van der Waals surface area (Å²) >= 11 is 0. The number of para-hydroxylation sites is 4. The molecule has 0 fully saturated rings. The molecule has 0 saturated heterocycles.